The van der Waals surface area contributed by atoms with Gasteiger partial charge in [-0.3, -0.25) is 0 Å². The standard InChI is InChI=1S/C4H2N2S2/c1-3-4(8-5-1)2-6-7-3/h1-2H. The summed E-state index contributed by atoms with van der Waals surface area (Å²) in [6.45, 7) is 0. The van der Waals surface area contributed by atoms with E-state index in [1.54, 1.807) is 0 Å². The minimum absolute atomic E-state index is 1.19. The Morgan fingerprint density at radius 2 is 1.50 bits per heavy atom. The van der Waals surface area contributed by atoms with Crippen molar-refractivity contribution in [1.29, 1.82) is 0 Å². The first-order chi connectivity index (χ1) is 3.97. The monoisotopic (exact) mass is 142 g/mol. The van der Waals surface area contributed by atoms with Crippen LogP contribution in [0.5, 0.6) is 0 Å². The van der Waals surface area contributed by atoms with Crippen LogP contribution < -0.4 is 0 Å². The number of aromatic nitrogens is 2. The summed E-state index contributed by atoms with van der Waals surface area (Å²) in [5.41, 5.74) is 0. The lowest BCUT2D eigenvalue weighted by Gasteiger charge is -1.57. The van der Waals surface area contributed by atoms with E-state index in [-0.39, 0.29) is 0 Å². The quantitative estimate of drug-likeness (QED) is 0.560. The van der Waals surface area contributed by atoms with Crippen LogP contribution in [0.2, 0.25) is 0 Å². The topological polar surface area (TPSA) is 25.8 Å². The highest BCUT2D eigenvalue weighted by Crippen LogP contribution is 2.19. The summed E-state index contributed by atoms with van der Waals surface area (Å²) in [5, 5.41) is 0. The van der Waals surface area contributed by atoms with Crippen molar-refractivity contribution in [2.45, 2.75) is 0 Å². The fraction of sp³-hybridized carbons (Fsp3) is 0. The van der Waals surface area contributed by atoms with Gasteiger partial charge >= 0.3 is 0 Å². The highest BCUT2D eigenvalue weighted by molar-refractivity contribution is 7.21. The van der Waals surface area contributed by atoms with Crippen LogP contribution >= 0.6 is 23.1 Å². The minimum atomic E-state index is 1.19. The summed E-state index contributed by atoms with van der Waals surface area (Å²) in [7, 11) is 0. The van der Waals surface area contributed by atoms with Crippen molar-refractivity contribution in [1.82, 2.24) is 8.75 Å². The second-order valence-electron chi connectivity index (χ2n) is 1.38. The molecule has 2 rings (SSSR count). The van der Waals surface area contributed by atoms with Crippen molar-refractivity contribution in [2.24, 2.45) is 0 Å². The van der Waals surface area contributed by atoms with E-state index < -0.39 is 0 Å². The molecule has 0 bridgehead atoms. The van der Waals surface area contributed by atoms with Crippen molar-refractivity contribution in [2.75, 3.05) is 0 Å². The summed E-state index contributed by atoms with van der Waals surface area (Å²) in [5.74, 6) is 0. The Kier molecular flexibility index (Phi) is 0.824. The van der Waals surface area contributed by atoms with Gasteiger partial charge in [-0.05, 0) is 23.1 Å². The molecular weight excluding hydrogens is 140 g/mol. The van der Waals surface area contributed by atoms with Gasteiger partial charge in [-0.2, -0.15) is 8.75 Å². The number of nitrogens with zero attached hydrogens (tertiary/aromatic N) is 2. The molecule has 0 amide bonds. The molecule has 0 saturated heterocycles. The van der Waals surface area contributed by atoms with Gasteiger partial charge in [-0.1, -0.05) is 0 Å². The molecule has 0 aliphatic heterocycles. The number of fused-ring (bicyclic) bond motifs is 1. The van der Waals surface area contributed by atoms with Crippen LogP contribution in [0, 0.1) is 0 Å². The Morgan fingerprint density at radius 3 is 2.00 bits per heavy atom. The highest BCUT2D eigenvalue weighted by Gasteiger charge is 1.94. The molecule has 8 heavy (non-hydrogen) atoms. The third-order valence-electron chi connectivity index (χ3n) is 0.885. The lowest BCUT2D eigenvalue weighted by atomic mass is 10.6. The van der Waals surface area contributed by atoms with Gasteiger partial charge in [-0.25, -0.2) is 0 Å². The van der Waals surface area contributed by atoms with E-state index >= 15 is 0 Å². The maximum Gasteiger partial charge on any atom is 0.0858 e. The molecule has 0 aliphatic carbocycles. The highest BCUT2D eigenvalue weighted by atomic mass is 32.1. The zero-order chi connectivity index (χ0) is 5.40. The molecule has 0 spiro atoms. The lowest BCUT2D eigenvalue weighted by Crippen LogP contribution is -1.40. The van der Waals surface area contributed by atoms with Gasteiger partial charge in [0.05, 0.1) is 21.8 Å². The Labute approximate surface area is 54.1 Å². The summed E-state index contributed by atoms with van der Waals surface area (Å²) in [4.78, 5) is 0. The van der Waals surface area contributed by atoms with Gasteiger partial charge in [0.15, 0.2) is 0 Å². The molecule has 0 unspecified atom stereocenters. The van der Waals surface area contributed by atoms with Crippen LogP contribution in [0.4, 0.5) is 0 Å². The van der Waals surface area contributed by atoms with E-state index in [0.29, 0.717) is 0 Å². The van der Waals surface area contributed by atoms with Crippen molar-refractivity contribution in [3.8, 4) is 0 Å². The fourth-order valence-corrected chi connectivity index (χ4v) is 1.91. The molecule has 40 valence electrons. The molecule has 2 aromatic rings. The maximum atomic E-state index is 3.97. The van der Waals surface area contributed by atoms with E-state index in [1.807, 2.05) is 12.4 Å². The molecule has 0 fully saturated rings. The SMILES string of the molecule is c1nsc2cnsc12. The predicted molar refractivity (Wildman–Crippen MR) is 35.3 cm³/mol. The van der Waals surface area contributed by atoms with Gasteiger partial charge in [0, 0.05) is 0 Å². The normalized spacial score (nSPS) is 10.5. The van der Waals surface area contributed by atoms with Crippen LogP contribution in [0.15, 0.2) is 12.4 Å². The molecule has 2 heterocycles. The average molecular weight is 142 g/mol. The van der Waals surface area contributed by atoms with Crippen LogP contribution in [0.1, 0.15) is 0 Å². The molecule has 2 aromatic heterocycles. The molecule has 2 nitrogen and oxygen atoms in total. The van der Waals surface area contributed by atoms with Crippen LogP contribution in [0.3, 0.4) is 0 Å². The molecule has 0 N–H and O–H groups in total. The van der Waals surface area contributed by atoms with E-state index in [2.05, 4.69) is 8.75 Å². The molecular formula is C4H2N2S2. The van der Waals surface area contributed by atoms with E-state index in [0.717, 1.165) is 0 Å². The number of hydrogen-bond acceptors (Lipinski definition) is 4. The largest absolute Gasteiger partial charge is 0.199 e. The van der Waals surface area contributed by atoms with Gasteiger partial charge in [0.25, 0.3) is 0 Å². The van der Waals surface area contributed by atoms with Crippen LogP contribution in [0.25, 0.3) is 9.40 Å². The second-order valence-corrected chi connectivity index (χ2v) is 3.05. The Balaban J connectivity index is 3.06. The minimum Gasteiger partial charge on any atom is -0.199 e. The molecule has 0 atom stereocenters. The molecule has 0 saturated carbocycles. The Bertz CT molecular complexity index is 233. The average Bonchev–Trinajstić information content (AvgIpc) is 2.15. The third-order valence-corrected chi connectivity index (χ3v) is 2.48. The summed E-state index contributed by atoms with van der Waals surface area (Å²) in [6.07, 6.45) is 3.69. The fourth-order valence-electron chi connectivity index (χ4n) is 0.526. The van der Waals surface area contributed by atoms with Crippen molar-refractivity contribution in [3.05, 3.63) is 12.4 Å². The van der Waals surface area contributed by atoms with Gasteiger partial charge < -0.3 is 0 Å². The second kappa shape index (κ2) is 1.50. The van der Waals surface area contributed by atoms with Crippen molar-refractivity contribution >= 4 is 32.5 Å². The molecule has 0 aliphatic rings. The molecule has 4 heteroatoms. The van der Waals surface area contributed by atoms with Gasteiger partial charge in [-0.15, -0.1) is 0 Å². The van der Waals surface area contributed by atoms with E-state index in [4.69, 9.17) is 0 Å². The third kappa shape index (κ3) is 0.468. The summed E-state index contributed by atoms with van der Waals surface area (Å²) >= 11 is 2.98. The summed E-state index contributed by atoms with van der Waals surface area (Å²) in [6, 6.07) is 0. The zero-order valence-electron chi connectivity index (χ0n) is 3.87. The molecule has 0 radical (unpaired) electrons. The lowest BCUT2D eigenvalue weighted by molar-refractivity contribution is 1.60. The van der Waals surface area contributed by atoms with Crippen LogP contribution in [-0.4, -0.2) is 8.75 Å². The predicted octanol–water partition coefficient (Wildman–Crippen LogP) is 1.75. The number of hydrogen-bond donors (Lipinski definition) is 0. The van der Waals surface area contributed by atoms with E-state index in [9.17, 15) is 0 Å². The van der Waals surface area contributed by atoms with Gasteiger partial charge in [0.2, 0.25) is 0 Å². The summed E-state index contributed by atoms with van der Waals surface area (Å²) < 4.78 is 10.3. The van der Waals surface area contributed by atoms with Gasteiger partial charge in [0.1, 0.15) is 0 Å². The van der Waals surface area contributed by atoms with Crippen molar-refractivity contribution in [3.63, 3.8) is 0 Å². The maximum absolute atomic E-state index is 3.97. The van der Waals surface area contributed by atoms with E-state index in [1.165, 1.54) is 32.5 Å². The Hall–Kier alpha value is -0.480. The van der Waals surface area contributed by atoms with Crippen LogP contribution in [-0.2, 0) is 0 Å². The first-order valence-corrected chi connectivity index (χ1v) is 3.66. The first-order valence-electron chi connectivity index (χ1n) is 2.12. The first kappa shape index (κ1) is 4.40. The molecule has 0 aromatic carbocycles. The zero-order valence-corrected chi connectivity index (χ0v) is 5.50. The number of rotatable bonds is 0. The Morgan fingerprint density at radius 1 is 1.00 bits per heavy atom. The van der Waals surface area contributed by atoms with Crippen molar-refractivity contribution < 1.29 is 0 Å². The smallest absolute Gasteiger partial charge is 0.0858 e.